The van der Waals surface area contributed by atoms with Crippen LogP contribution < -0.4 is 9.30 Å². The Hall–Kier alpha value is -2.88. The molecule has 0 radical (unpaired) electrons. The van der Waals surface area contributed by atoms with Gasteiger partial charge in [0.25, 0.3) is 0 Å². The topological polar surface area (TPSA) is 30.9 Å². The first kappa shape index (κ1) is 15.0. The maximum absolute atomic E-state index is 5.46. The Morgan fingerprint density at radius 3 is 2.61 bits per heavy atom. The van der Waals surface area contributed by atoms with E-state index in [2.05, 4.69) is 41.5 Å². The van der Waals surface area contributed by atoms with Crippen LogP contribution in [0.15, 0.2) is 61.2 Å². The molecule has 0 amide bonds. The molecule has 4 heteroatoms. The largest absolute Gasteiger partial charge is 0.496 e. The smallest absolute Gasteiger partial charge is 0.169 e. The van der Waals surface area contributed by atoms with Crippen LogP contribution in [0.25, 0.3) is 12.2 Å². The summed E-state index contributed by atoms with van der Waals surface area (Å²) in [7, 11) is 3.71. The highest BCUT2D eigenvalue weighted by Crippen LogP contribution is 2.22. The molecule has 23 heavy (non-hydrogen) atoms. The van der Waals surface area contributed by atoms with Gasteiger partial charge in [-0.1, -0.05) is 18.2 Å². The third-order valence-electron chi connectivity index (χ3n) is 3.67. The third-order valence-corrected chi connectivity index (χ3v) is 3.67. The number of rotatable bonds is 5. The molecule has 0 N–H and O–H groups in total. The van der Waals surface area contributed by atoms with E-state index < -0.39 is 0 Å². The van der Waals surface area contributed by atoms with Crippen molar-refractivity contribution in [3.63, 3.8) is 0 Å². The van der Waals surface area contributed by atoms with E-state index in [0.717, 1.165) is 16.9 Å². The lowest BCUT2D eigenvalue weighted by Crippen LogP contribution is -2.25. The number of hydrogen-bond acceptors (Lipinski definition) is 2. The maximum atomic E-state index is 5.46. The summed E-state index contributed by atoms with van der Waals surface area (Å²) in [5.74, 6) is 0.879. The minimum absolute atomic E-state index is 0.693. The number of nitrogens with zero attached hydrogens (tertiary/aromatic N) is 3. The Morgan fingerprint density at radius 2 is 1.91 bits per heavy atom. The van der Waals surface area contributed by atoms with E-state index in [9.17, 15) is 0 Å². The van der Waals surface area contributed by atoms with Gasteiger partial charge < -0.3 is 4.74 Å². The number of aromatic nitrogens is 3. The van der Waals surface area contributed by atoms with Crippen molar-refractivity contribution in [3.8, 4) is 5.75 Å². The average Bonchev–Trinajstić information content (AvgIpc) is 3.07. The summed E-state index contributed by atoms with van der Waals surface area (Å²) >= 11 is 0. The van der Waals surface area contributed by atoms with E-state index in [-0.39, 0.29) is 0 Å². The standard InChI is InChI=1S/C19H20N3O/c1-21-12-8-16(9-13-21)4-5-17-6-7-19(23-2)18(14-17)15-22-11-3-10-20-22/h3-14H,15H2,1-2H3/q+1/b5-4+. The highest BCUT2D eigenvalue weighted by molar-refractivity contribution is 5.70. The molecular formula is C19H20N3O+. The summed E-state index contributed by atoms with van der Waals surface area (Å²) in [6.07, 6.45) is 12.0. The molecule has 4 nitrogen and oxygen atoms in total. The van der Waals surface area contributed by atoms with Crippen molar-refractivity contribution in [3.05, 3.63) is 77.9 Å². The van der Waals surface area contributed by atoms with Crippen molar-refractivity contribution in [2.75, 3.05) is 7.11 Å². The Kier molecular flexibility index (Phi) is 4.52. The third kappa shape index (κ3) is 3.86. The number of methoxy groups -OCH3 is 1. The van der Waals surface area contributed by atoms with Crippen LogP contribution in [0.1, 0.15) is 16.7 Å². The number of hydrogen-bond donors (Lipinski definition) is 0. The van der Waals surface area contributed by atoms with Crippen LogP contribution in [0.4, 0.5) is 0 Å². The number of aryl methyl sites for hydroxylation is 1. The molecule has 116 valence electrons. The summed E-state index contributed by atoms with van der Waals surface area (Å²) in [5.41, 5.74) is 3.42. The Morgan fingerprint density at radius 1 is 1.13 bits per heavy atom. The first-order valence-corrected chi connectivity index (χ1v) is 7.52. The van der Waals surface area contributed by atoms with Crippen molar-refractivity contribution >= 4 is 12.2 Å². The predicted octanol–water partition coefficient (Wildman–Crippen LogP) is 2.93. The molecule has 0 unspecified atom stereocenters. The SMILES string of the molecule is COc1ccc(/C=C/c2cc[n+](C)cc2)cc1Cn1cccn1. The summed E-state index contributed by atoms with van der Waals surface area (Å²) in [4.78, 5) is 0. The van der Waals surface area contributed by atoms with Crippen LogP contribution in [0.3, 0.4) is 0 Å². The van der Waals surface area contributed by atoms with E-state index in [1.807, 2.05) is 47.0 Å². The van der Waals surface area contributed by atoms with Crippen molar-refractivity contribution in [1.29, 1.82) is 0 Å². The van der Waals surface area contributed by atoms with Gasteiger partial charge in [0.15, 0.2) is 12.4 Å². The van der Waals surface area contributed by atoms with Gasteiger partial charge in [0.2, 0.25) is 0 Å². The molecule has 2 aromatic heterocycles. The molecule has 0 bridgehead atoms. The lowest BCUT2D eigenvalue weighted by Gasteiger charge is -2.09. The lowest BCUT2D eigenvalue weighted by molar-refractivity contribution is -0.671. The monoisotopic (exact) mass is 306 g/mol. The van der Waals surface area contributed by atoms with Crippen LogP contribution in [-0.4, -0.2) is 16.9 Å². The fraction of sp³-hybridized carbons (Fsp3) is 0.158. The van der Waals surface area contributed by atoms with Crippen LogP contribution >= 0.6 is 0 Å². The molecule has 0 spiro atoms. The van der Waals surface area contributed by atoms with Crippen molar-refractivity contribution < 1.29 is 9.30 Å². The molecule has 0 saturated carbocycles. The Balaban J connectivity index is 1.83. The first-order valence-electron chi connectivity index (χ1n) is 7.52. The molecule has 0 atom stereocenters. The van der Waals surface area contributed by atoms with Gasteiger partial charge >= 0.3 is 0 Å². The van der Waals surface area contributed by atoms with Gasteiger partial charge in [0.1, 0.15) is 12.8 Å². The molecule has 0 aliphatic carbocycles. The lowest BCUT2D eigenvalue weighted by atomic mass is 10.1. The number of pyridine rings is 1. The predicted molar refractivity (Wildman–Crippen MR) is 90.9 cm³/mol. The van der Waals surface area contributed by atoms with Crippen LogP contribution in [0.5, 0.6) is 5.75 Å². The first-order chi connectivity index (χ1) is 11.2. The summed E-state index contributed by atoms with van der Waals surface area (Å²) in [6.45, 7) is 0.693. The van der Waals surface area contributed by atoms with Gasteiger partial charge in [-0.05, 0) is 29.3 Å². The Bertz CT molecular complexity index is 790. The van der Waals surface area contributed by atoms with E-state index >= 15 is 0 Å². The second kappa shape index (κ2) is 6.92. The van der Waals surface area contributed by atoms with Gasteiger partial charge in [-0.15, -0.1) is 0 Å². The molecule has 3 aromatic rings. The van der Waals surface area contributed by atoms with Gasteiger partial charge in [-0.3, -0.25) is 4.68 Å². The zero-order chi connectivity index (χ0) is 16.1. The van der Waals surface area contributed by atoms with Gasteiger partial charge in [-0.25, -0.2) is 4.57 Å². The number of benzene rings is 1. The highest BCUT2D eigenvalue weighted by atomic mass is 16.5. The fourth-order valence-corrected chi connectivity index (χ4v) is 2.41. The minimum Gasteiger partial charge on any atom is -0.496 e. The van der Waals surface area contributed by atoms with E-state index in [1.165, 1.54) is 5.56 Å². The summed E-state index contributed by atoms with van der Waals surface area (Å²) < 4.78 is 9.37. The zero-order valence-electron chi connectivity index (χ0n) is 13.4. The molecule has 0 aliphatic heterocycles. The maximum Gasteiger partial charge on any atom is 0.169 e. The average molecular weight is 306 g/mol. The van der Waals surface area contributed by atoms with E-state index in [1.54, 1.807) is 13.3 Å². The van der Waals surface area contributed by atoms with E-state index in [4.69, 9.17) is 4.74 Å². The summed E-state index contributed by atoms with van der Waals surface area (Å²) in [5, 5.41) is 4.26. The normalized spacial score (nSPS) is 11.0. The van der Waals surface area contributed by atoms with Crippen LogP contribution in [0.2, 0.25) is 0 Å². The number of ether oxygens (including phenoxy) is 1. The second-order valence-corrected chi connectivity index (χ2v) is 5.41. The van der Waals surface area contributed by atoms with E-state index in [0.29, 0.717) is 6.54 Å². The molecule has 0 aliphatic rings. The molecule has 0 fully saturated rings. The second-order valence-electron chi connectivity index (χ2n) is 5.41. The quantitative estimate of drug-likeness (QED) is 0.679. The van der Waals surface area contributed by atoms with Gasteiger partial charge in [-0.2, -0.15) is 5.10 Å². The molecule has 2 heterocycles. The summed E-state index contributed by atoms with van der Waals surface area (Å²) in [6, 6.07) is 12.3. The van der Waals surface area contributed by atoms with Gasteiger partial charge in [0.05, 0.1) is 13.7 Å². The molecule has 0 saturated heterocycles. The van der Waals surface area contributed by atoms with Crippen LogP contribution in [-0.2, 0) is 13.6 Å². The van der Waals surface area contributed by atoms with Crippen molar-refractivity contribution in [2.45, 2.75) is 6.54 Å². The molecule has 1 aromatic carbocycles. The highest BCUT2D eigenvalue weighted by Gasteiger charge is 2.05. The zero-order valence-corrected chi connectivity index (χ0v) is 13.4. The van der Waals surface area contributed by atoms with Crippen molar-refractivity contribution in [1.82, 2.24) is 9.78 Å². The van der Waals surface area contributed by atoms with Gasteiger partial charge in [0, 0.05) is 30.1 Å². The van der Waals surface area contributed by atoms with Crippen LogP contribution in [0, 0.1) is 0 Å². The minimum atomic E-state index is 0.693. The molecular weight excluding hydrogens is 286 g/mol. The molecule has 3 rings (SSSR count). The van der Waals surface area contributed by atoms with Crippen molar-refractivity contribution in [2.24, 2.45) is 7.05 Å². The Labute approximate surface area is 136 Å². The fourth-order valence-electron chi connectivity index (χ4n) is 2.41.